The molecule has 0 unspecified atom stereocenters. The second-order valence-corrected chi connectivity index (χ2v) is 8.21. The fraction of sp³-hybridized carbons (Fsp3) is 0.240. The monoisotopic (exact) mass is 501 g/mol. The predicted molar refractivity (Wildman–Crippen MR) is 127 cm³/mol. The first-order valence-electron chi connectivity index (χ1n) is 11.1. The van der Waals surface area contributed by atoms with Gasteiger partial charge in [0.15, 0.2) is 0 Å². The van der Waals surface area contributed by atoms with E-state index in [9.17, 15) is 27.2 Å². The van der Waals surface area contributed by atoms with Gasteiger partial charge in [0.1, 0.15) is 5.82 Å². The Balaban J connectivity index is 1.34. The predicted octanol–water partition coefficient (Wildman–Crippen LogP) is 5.00. The summed E-state index contributed by atoms with van der Waals surface area (Å²) in [7, 11) is 1.90. The second kappa shape index (κ2) is 10.2. The van der Waals surface area contributed by atoms with Crippen molar-refractivity contribution in [2.45, 2.75) is 6.18 Å². The number of urea groups is 1. The molecule has 0 radical (unpaired) electrons. The number of hydrogen-bond donors (Lipinski definition) is 1. The molecule has 7 nitrogen and oxygen atoms in total. The molecule has 0 spiro atoms. The molecule has 1 aliphatic rings. The Kier molecular flexibility index (Phi) is 7.09. The van der Waals surface area contributed by atoms with Crippen molar-refractivity contribution in [2.24, 2.45) is 0 Å². The fourth-order valence-corrected chi connectivity index (χ4v) is 3.83. The van der Waals surface area contributed by atoms with Crippen molar-refractivity contribution < 1.29 is 27.2 Å². The first-order valence-corrected chi connectivity index (χ1v) is 11.1. The van der Waals surface area contributed by atoms with Crippen LogP contribution in [0.1, 0.15) is 15.9 Å². The van der Waals surface area contributed by atoms with E-state index >= 15 is 0 Å². The number of piperazine rings is 1. The van der Waals surface area contributed by atoms with E-state index in [2.05, 4.69) is 10.3 Å². The van der Waals surface area contributed by atoms with Gasteiger partial charge in [-0.2, -0.15) is 13.2 Å². The molecule has 1 fully saturated rings. The van der Waals surface area contributed by atoms with Crippen molar-refractivity contribution in [3.8, 4) is 0 Å². The topological polar surface area (TPSA) is 68.8 Å². The largest absolute Gasteiger partial charge is 0.416 e. The zero-order valence-corrected chi connectivity index (χ0v) is 19.3. The number of pyridine rings is 1. The lowest BCUT2D eigenvalue weighted by Gasteiger charge is -2.34. The molecule has 0 bridgehead atoms. The standard InChI is InChI=1S/C25H23F4N5O2/c1-32(20-8-10-30-11-9-20)19-5-2-17(3-6-19)23(35)33-12-14-34(15-13-33)24(36)31-22-16-18(25(27,28)29)4-7-21(22)26/h2-11,16H,12-15H2,1H3,(H,31,36). The zero-order valence-electron chi connectivity index (χ0n) is 19.3. The molecule has 36 heavy (non-hydrogen) atoms. The second-order valence-electron chi connectivity index (χ2n) is 8.21. The SMILES string of the molecule is CN(c1ccncc1)c1ccc(C(=O)N2CCN(C(=O)Nc3cc(C(F)(F)F)ccc3F)CC2)cc1. The molecule has 3 aromatic rings. The van der Waals surface area contributed by atoms with Crippen LogP contribution in [0.4, 0.5) is 39.4 Å². The van der Waals surface area contributed by atoms with E-state index in [-0.39, 0.29) is 32.1 Å². The van der Waals surface area contributed by atoms with Crippen LogP contribution in [0, 0.1) is 5.82 Å². The number of halogens is 4. The van der Waals surface area contributed by atoms with Crippen LogP contribution in [0.5, 0.6) is 0 Å². The molecule has 2 aromatic carbocycles. The van der Waals surface area contributed by atoms with Crippen molar-refractivity contribution in [3.05, 3.63) is 83.9 Å². The quantitative estimate of drug-likeness (QED) is 0.511. The Morgan fingerprint density at radius 1 is 0.889 bits per heavy atom. The van der Waals surface area contributed by atoms with Gasteiger partial charge < -0.3 is 20.0 Å². The molecular weight excluding hydrogens is 478 g/mol. The molecule has 0 atom stereocenters. The van der Waals surface area contributed by atoms with Crippen LogP contribution < -0.4 is 10.2 Å². The highest BCUT2D eigenvalue weighted by Gasteiger charge is 2.32. The third-order valence-corrected chi connectivity index (χ3v) is 5.94. The lowest BCUT2D eigenvalue weighted by Crippen LogP contribution is -2.51. The Morgan fingerprint density at radius 2 is 1.47 bits per heavy atom. The smallest absolute Gasteiger partial charge is 0.345 e. The van der Waals surface area contributed by atoms with Crippen molar-refractivity contribution in [1.82, 2.24) is 14.8 Å². The average molecular weight is 501 g/mol. The molecule has 1 saturated heterocycles. The maximum absolute atomic E-state index is 14.0. The number of hydrogen-bond acceptors (Lipinski definition) is 4. The third kappa shape index (κ3) is 5.56. The Morgan fingerprint density at radius 3 is 2.08 bits per heavy atom. The first-order chi connectivity index (χ1) is 17.1. The maximum Gasteiger partial charge on any atom is 0.416 e. The molecule has 0 saturated carbocycles. The van der Waals surface area contributed by atoms with Gasteiger partial charge in [-0.3, -0.25) is 9.78 Å². The van der Waals surface area contributed by atoms with E-state index in [1.165, 1.54) is 4.90 Å². The molecule has 1 N–H and O–H groups in total. The van der Waals surface area contributed by atoms with Gasteiger partial charge in [-0.25, -0.2) is 9.18 Å². The molecule has 1 aromatic heterocycles. The third-order valence-electron chi connectivity index (χ3n) is 5.94. The van der Waals surface area contributed by atoms with E-state index in [0.717, 1.165) is 11.4 Å². The van der Waals surface area contributed by atoms with Crippen LogP contribution in [0.15, 0.2) is 67.0 Å². The van der Waals surface area contributed by atoms with E-state index in [4.69, 9.17) is 0 Å². The van der Waals surface area contributed by atoms with Crippen LogP contribution >= 0.6 is 0 Å². The Bertz CT molecular complexity index is 1230. The van der Waals surface area contributed by atoms with Gasteiger partial charge in [-0.05, 0) is 54.6 Å². The molecule has 1 aliphatic heterocycles. The number of carbonyl (C=O) groups is 2. The number of anilines is 3. The summed E-state index contributed by atoms with van der Waals surface area (Å²) in [5, 5.41) is 2.20. The van der Waals surface area contributed by atoms with Gasteiger partial charge in [0.25, 0.3) is 5.91 Å². The van der Waals surface area contributed by atoms with Crippen molar-refractivity contribution >= 4 is 29.0 Å². The summed E-state index contributed by atoms with van der Waals surface area (Å²) in [6.07, 6.45) is -1.27. The van der Waals surface area contributed by atoms with E-state index in [1.807, 2.05) is 36.2 Å². The summed E-state index contributed by atoms with van der Waals surface area (Å²) >= 11 is 0. The molecule has 3 amide bonds. The van der Waals surface area contributed by atoms with Gasteiger partial charge in [-0.1, -0.05) is 0 Å². The summed E-state index contributed by atoms with van der Waals surface area (Å²) in [6, 6.07) is 12.0. The number of carbonyl (C=O) groups excluding carboxylic acids is 2. The first kappa shape index (κ1) is 25.0. The Labute approximate surface area is 204 Å². The van der Waals surface area contributed by atoms with Gasteiger partial charge in [0.05, 0.1) is 11.3 Å². The minimum atomic E-state index is -4.66. The minimum Gasteiger partial charge on any atom is -0.345 e. The van der Waals surface area contributed by atoms with Crippen molar-refractivity contribution in [1.29, 1.82) is 0 Å². The number of nitrogens with one attached hydrogen (secondary N) is 1. The highest BCUT2D eigenvalue weighted by Crippen LogP contribution is 2.32. The summed E-state index contributed by atoms with van der Waals surface area (Å²) in [6.45, 7) is 0.772. The van der Waals surface area contributed by atoms with Gasteiger partial charge in [-0.15, -0.1) is 0 Å². The number of amides is 3. The Hall–Kier alpha value is -4.15. The van der Waals surface area contributed by atoms with E-state index in [1.54, 1.807) is 29.4 Å². The maximum atomic E-state index is 14.0. The molecule has 0 aliphatic carbocycles. The number of aromatic nitrogens is 1. The van der Waals surface area contributed by atoms with Crippen LogP contribution in [0.3, 0.4) is 0 Å². The number of benzene rings is 2. The van der Waals surface area contributed by atoms with E-state index in [0.29, 0.717) is 23.8 Å². The van der Waals surface area contributed by atoms with Gasteiger partial charge >= 0.3 is 12.2 Å². The van der Waals surface area contributed by atoms with Crippen LogP contribution in [0.2, 0.25) is 0 Å². The average Bonchev–Trinajstić information content (AvgIpc) is 2.89. The van der Waals surface area contributed by atoms with Crippen LogP contribution in [-0.2, 0) is 6.18 Å². The summed E-state index contributed by atoms with van der Waals surface area (Å²) in [5.41, 5.74) is 0.716. The summed E-state index contributed by atoms with van der Waals surface area (Å²) < 4.78 is 52.7. The van der Waals surface area contributed by atoms with Gasteiger partial charge in [0, 0.05) is 62.6 Å². The molecular formula is C25H23F4N5O2. The van der Waals surface area contributed by atoms with Crippen molar-refractivity contribution in [3.63, 3.8) is 0 Å². The highest BCUT2D eigenvalue weighted by atomic mass is 19.4. The number of rotatable bonds is 4. The summed E-state index contributed by atoms with van der Waals surface area (Å²) in [5.74, 6) is -1.17. The van der Waals surface area contributed by atoms with Crippen LogP contribution in [-0.4, -0.2) is 59.9 Å². The summed E-state index contributed by atoms with van der Waals surface area (Å²) in [4.78, 5) is 34.3. The fourth-order valence-electron chi connectivity index (χ4n) is 3.83. The van der Waals surface area contributed by atoms with Crippen LogP contribution in [0.25, 0.3) is 0 Å². The lowest BCUT2D eigenvalue weighted by atomic mass is 10.1. The number of nitrogens with zero attached hydrogens (tertiary/aromatic N) is 4. The lowest BCUT2D eigenvalue weighted by molar-refractivity contribution is -0.137. The minimum absolute atomic E-state index is 0.154. The van der Waals surface area contributed by atoms with Gasteiger partial charge in [0.2, 0.25) is 0 Å². The molecule has 188 valence electrons. The zero-order chi connectivity index (χ0) is 25.9. The number of alkyl halides is 3. The molecule has 2 heterocycles. The molecule has 11 heteroatoms. The van der Waals surface area contributed by atoms with Crippen molar-refractivity contribution in [2.75, 3.05) is 43.4 Å². The molecule has 4 rings (SSSR count). The highest BCUT2D eigenvalue weighted by molar-refractivity contribution is 5.95. The van der Waals surface area contributed by atoms with E-state index < -0.39 is 29.3 Å². The normalized spacial score (nSPS) is 13.9.